The number of hydrogen-bond acceptors (Lipinski definition) is 4. The number of aromatic hydroxyl groups is 2. The molecule has 0 fully saturated rings. The first kappa shape index (κ1) is 40.6. The second-order valence-electron chi connectivity index (χ2n) is 14.2. The molecule has 0 saturated carbocycles. The van der Waals surface area contributed by atoms with Crippen molar-refractivity contribution in [2.45, 2.75) is 118 Å². The molecule has 236 valence electrons. The van der Waals surface area contributed by atoms with E-state index in [1.807, 2.05) is 83.1 Å². The summed E-state index contributed by atoms with van der Waals surface area (Å²) in [5.41, 5.74) is 3.79. The molecule has 4 N–H and O–H groups in total. The van der Waals surface area contributed by atoms with Crippen LogP contribution >= 0.6 is 0 Å². The Morgan fingerprint density at radius 1 is 0.500 bits per heavy atom. The van der Waals surface area contributed by atoms with Gasteiger partial charge in [-0.1, -0.05) is 107 Å². The van der Waals surface area contributed by atoms with Gasteiger partial charge in [-0.05, 0) is 55.0 Å². The van der Waals surface area contributed by atoms with Gasteiger partial charge in [-0.15, -0.1) is 26.3 Å². The van der Waals surface area contributed by atoms with Gasteiger partial charge in [0.15, 0.2) is 0 Å². The molecule has 0 saturated heterocycles. The molecule has 0 aliphatic carbocycles. The molecule has 0 heterocycles. The van der Waals surface area contributed by atoms with Crippen LogP contribution in [0.3, 0.4) is 0 Å². The number of carbonyl (C=O) groups is 2. The van der Waals surface area contributed by atoms with E-state index in [-0.39, 0.29) is 46.0 Å². The number of phenols is 2. The molecule has 2 rings (SSSR count). The van der Waals surface area contributed by atoms with Crippen LogP contribution in [0.2, 0.25) is 0 Å². The van der Waals surface area contributed by atoms with Gasteiger partial charge in [0.25, 0.3) is 0 Å². The molecule has 0 amide bonds. The van der Waals surface area contributed by atoms with Crippen molar-refractivity contribution in [2.24, 2.45) is 0 Å². The first-order valence-electron chi connectivity index (χ1n) is 14.0. The largest absolute Gasteiger partial charge is 0.507 e. The zero-order valence-corrected chi connectivity index (χ0v) is 28.2. The van der Waals surface area contributed by atoms with Gasteiger partial charge in [-0.2, -0.15) is 0 Å². The lowest BCUT2D eigenvalue weighted by Crippen LogP contribution is -2.18. The van der Waals surface area contributed by atoms with E-state index in [1.165, 1.54) is 0 Å². The van der Waals surface area contributed by atoms with Gasteiger partial charge < -0.3 is 20.4 Å². The van der Waals surface area contributed by atoms with Crippen molar-refractivity contribution in [2.75, 3.05) is 0 Å². The Kier molecular flexibility index (Phi) is 15.1. The first-order valence-corrected chi connectivity index (χ1v) is 14.0. The molecular weight excluding hydrogens is 528 g/mol. The van der Waals surface area contributed by atoms with Crippen LogP contribution in [-0.4, -0.2) is 32.4 Å². The van der Waals surface area contributed by atoms with Gasteiger partial charge in [0, 0.05) is 0 Å². The standard InChI is InChI=1S/2C16H24O3.2C2H4/c2*1-15(2,3)11-7-10(9-13(17)18)8-12(14(11)19)16(4,5)6;2*1-2/h2*7-8,19H,9H2,1-6H3,(H,17,18);2*1-2H2. The minimum Gasteiger partial charge on any atom is -0.507 e. The Balaban J connectivity index is 0. The summed E-state index contributed by atoms with van der Waals surface area (Å²) in [6, 6.07) is 7.22. The van der Waals surface area contributed by atoms with Crippen LogP contribution < -0.4 is 0 Å². The van der Waals surface area contributed by atoms with Crippen molar-refractivity contribution in [1.82, 2.24) is 0 Å². The minimum absolute atomic E-state index is 0.0214. The Morgan fingerprint density at radius 2 is 0.667 bits per heavy atom. The Morgan fingerprint density at radius 3 is 0.786 bits per heavy atom. The van der Waals surface area contributed by atoms with E-state index < -0.39 is 11.9 Å². The fourth-order valence-electron chi connectivity index (χ4n) is 4.23. The van der Waals surface area contributed by atoms with Crippen LogP contribution in [0.5, 0.6) is 11.5 Å². The van der Waals surface area contributed by atoms with E-state index in [0.29, 0.717) is 0 Å². The average Bonchev–Trinajstić information content (AvgIpc) is 2.80. The van der Waals surface area contributed by atoms with Gasteiger partial charge in [0.05, 0.1) is 12.8 Å². The van der Waals surface area contributed by atoms with Crippen molar-refractivity contribution in [3.8, 4) is 11.5 Å². The zero-order valence-electron chi connectivity index (χ0n) is 28.2. The maximum atomic E-state index is 10.9. The zero-order chi connectivity index (χ0) is 34.0. The molecule has 0 unspecified atom stereocenters. The molecule has 6 heteroatoms. The van der Waals surface area contributed by atoms with Crippen molar-refractivity contribution >= 4 is 11.9 Å². The van der Waals surface area contributed by atoms with Gasteiger partial charge in [0.2, 0.25) is 0 Å². The molecule has 0 radical (unpaired) electrons. The maximum Gasteiger partial charge on any atom is 0.307 e. The maximum absolute atomic E-state index is 10.9. The van der Waals surface area contributed by atoms with E-state index in [0.717, 1.165) is 33.4 Å². The van der Waals surface area contributed by atoms with Gasteiger partial charge >= 0.3 is 11.9 Å². The SMILES string of the molecule is C=C.C=C.CC(C)(C)c1cc(CC(=O)O)cc(C(C)(C)C)c1O.CC(C)(C)c1cc(CC(=O)O)cc(C(C)(C)C)c1O. The molecular formula is C36H56O6. The van der Waals surface area contributed by atoms with E-state index in [1.54, 1.807) is 24.3 Å². The fraction of sp³-hybridized carbons (Fsp3) is 0.500. The highest BCUT2D eigenvalue weighted by Gasteiger charge is 2.28. The second kappa shape index (κ2) is 15.6. The highest BCUT2D eigenvalue weighted by molar-refractivity contribution is 5.71. The molecule has 2 aromatic rings. The quantitative estimate of drug-likeness (QED) is 0.267. The molecule has 0 spiro atoms. The van der Waals surface area contributed by atoms with Crippen molar-refractivity contribution in [3.63, 3.8) is 0 Å². The summed E-state index contributed by atoms with van der Waals surface area (Å²) in [4.78, 5) is 21.8. The van der Waals surface area contributed by atoms with Gasteiger partial charge in [-0.3, -0.25) is 9.59 Å². The predicted molar refractivity (Wildman–Crippen MR) is 176 cm³/mol. The number of rotatable bonds is 4. The lowest BCUT2D eigenvalue weighted by atomic mass is 9.78. The third-order valence-electron chi connectivity index (χ3n) is 6.28. The average molecular weight is 585 g/mol. The summed E-state index contributed by atoms with van der Waals surface area (Å²) < 4.78 is 0. The van der Waals surface area contributed by atoms with Crippen molar-refractivity contribution < 1.29 is 30.0 Å². The van der Waals surface area contributed by atoms with Crippen molar-refractivity contribution in [3.05, 3.63) is 84.0 Å². The Bertz CT molecular complexity index is 1030. The van der Waals surface area contributed by atoms with Crippen LogP contribution in [0.1, 0.15) is 116 Å². The van der Waals surface area contributed by atoms with Crippen LogP contribution in [0, 0.1) is 0 Å². The number of phenolic OH excluding ortho intramolecular Hbond substituents is 2. The van der Waals surface area contributed by atoms with E-state index in [2.05, 4.69) is 26.3 Å². The summed E-state index contributed by atoms with van der Waals surface area (Å²) in [5.74, 6) is -1.14. The number of benzene rings is 2. The van der Waals surface area contributed by atoms with Crippen molar-refractivity contribution in [1.29, 1.82) is 0 Å². The Labute approximate surface area is 254 Å². The monoisotopic (exact) mass is 584 g/mol. The molecule has 42 heavy (non-hydrogen) atoms. The fourth-order valence-corrected chi connectivity index (χ4v) is 4.23. The number of aliphatic carboxylic acids is 2. The highest BCUT2D eigenvalue weighted by Crippen LogP contribution is 2.41. The molecule has 0 bridgehead atoms. The summed E-state index contributed by atoms with van der Waals surface area (Å²) >= 11 is 0. The number of carboxylic acid groups (broad SMARTS) is 2. The normalized spacial score (nSPS) is 11.5. The second-order valence-corrected chi connectivity index (χ2v) is 14.2. The van der Waals surface area contributed by atoms with E-state index in [4.69, 9.17) is 10.2 Å². The van der Waals surface area contributed by atoms with Gasteiger partial charge in [0.1, 0.15) is 11.5 Å². The lowest BCUT2D eigenvalue weighted by Gasteiger charge is -2.28. The first-order chi connectivity index (χ1) is 18.9. The third-order valence-corrected chi connectivity index (χ3v) is 6.28. The summed E-state index contributed by atoms with van der Waals surface area (Å²) in [5, 5.41) is 38.9. The van der Waals surface area contributed by atoms with Crippen LogP contribution in [0.25, 0.3) is 0 Å². The molecule has 0 aromatic heterocycles. The van der Waals surface area contributed by atoms with Crippen LogP contribution in [0.15, 0.2) is 50.6 Å². The highest BCUT2D eigenvalue weighted by atomic mass is 16.4. The summed E-state index contributed by atoms with van der Waals surface area (Å²) in [6.07, 6.45) is -0.0428. The molecule has 0 atom stereocenters. The van der Waals surface area contributed by atoms with Crippen LogP contribution in [0.4, 0.5) is 0 Å². The summed E-state index contributed by atoms with van der Waals surface area (Å²) in [7, 11) is 0. The minimum atomic E-state index is -0.856. The van der Waals surface area contributed by atoms with Crippen LogP contribution in [-0.2, 0) is 44.1 Å². The smallest absolute Gasteiger partial charge is 0.307 e. The van der Waals surface area contributed by atoms with E-state index in [9.17, 15) is 19.8 Å². The molecule has 0 aliphatic rings. The predicted octanol–water partition coefficient (Wildman–Crippen LogP) is 8.83. The Hall–Kier alpha value is -3.54. The number of hydrogen-bond donors (Lipinski definition) is 4. The topological polar surface area (TPSA) is 115 Å². The number of carboxylic acids is 2. The molecule has 2 aromatic carbocycles. The van der Waals surface area contributed by atoms with E-state index >= 15 is 0 Å². The molecule has 0 aliphatic heterocycles. The lowest BCUT2D eigenvalue weighted by molar-refractivity contribution is -0.137. The molecule has 6 nitrogen and oxygen atoms in total. The van der Waals surface area contributed by atoms with Gasteiger partial charge in [-0.25, -0.2) is 0 Å². The third kappa shape index (κ3) is 12.5. The summed E-state index contributed by atoms with van der Waals surface area (Å²) in [6.45, 7) is 36.2.